The summed E-state index contributed by atoms with van der Waals surface area (Å²) in [5, 5.41) is 12.0. The molecule has 2 fully saturated rings. The highest BCUT2D eigenvalue weighted by molar-refractivity contribution is 7.86. The van der Waals surface area contributed by atoms with Crippen LogP contribution in [0, 0.1) is 5.41 Å². The molecule has 2 rings (SSSR count). The summed E-state index contributed by atoms with van der Waals surface area (Å²) >= 11 is 0. The summed E-state index contributed by atoms with van der Waals surface area (Å²) in [6.45, 7) is 2.86. The standard InChI is InChI=1S/C15H28N4O5S/c1-15(13(20)21)7-9-18(11-15)14(22)16-10-12-6-4-5-8-19(12)25(23,24)17(2)3/h12H,4-11H2,1-3H3,(H,16,22)(H,20,21). The average molecular weight is 376 g/mol. The van der Waals surface area contributed by atoms with Crippen LogP contribution in [0.3, 0.4) is 0 Å². The van der Waals surface area contributed by atoms with Gasteiger partial charge in [-0.05, 0) is 26.2 Å². The predicted octanol–water partition coefficient (Wildman–Crippen LogP) is 0.154. The van der Waals surface area contributed by atoms with E-state index in [1.54, 1.807) is 6.92 Å². The maximum atomic E-state index is 12.4. The highest BCUT2D eigenvalue weighted by Crippen LogP contribution is 2.30. The number of nitrogens with one attached hydrogen (secondary N) is 1. The van der Waals surface area contributed by atoms with Gasteiger partial charge in [0.15, 0.2) is 0 Å². The van der Waals surface area contributed by atoms with Crippen LogP contribution < -0.4 is 5.32 Å². The molecule has 25 heavy (non-hydrogen) atoms. The van der Waals surface area contributed by atoms with Crippen LogP contribution in [0.2, 0.25) is 0 Å². The average Bonchev–Trinajstić information content (AvgIpc) is 2.96. The van der Waals surface area contributed by atoms with Crippen LogP contribution in [-0.2, 0) is 15.0 Å². The fraction of sp³-hybridized carbons (Fsp3) is 0.867. The Kier molecular flexibility index (Phi) is 5.95. The topological polar surface area (TPSA) is 110 Å². The summed E-state index contributed by atoms with van der Waals surface area (Å²) in [7, 11) is -0.529. The summed E-state index contributed by atoms with van der Waals surface area (Å²) in [5.41, 5.74) is -0.914. The van der Waals surface area contributed by atoms with E-state index in [2.05, 4.69) is 5.32 Å². The molecule has 144 valence electrons. The fourth-order valence-electron chi connectivity index (χ4n) is 3.32. The summed E-state index contributed by atoms with van der Waals surface area (Å²) in [4.78, 5) is 25.1. The number of likely N-dealkylation sites (tertiary alicyclic amines) is 1. The van der Waals surface area contributed by atoms with Crippen LogP contribution >= 0.6 is 0 Å². The third kappa shape index (κ3) is 4.24. The molecule has 2 aliphatic heterocycles. The number of hydrogen-bond donors (Lipinski definition) is 2. The van der Waals surface area contributed by atoms with Gasteiger partial charge in [-0.15, -0.1) is 0 Å². The van der Waals surface area contributed by atoms with Gasteiger partial charge in [-0.1, -0.05) is 6.42 Å². The molecule has 2 heterocycles. The van der Waals surface area contributed by atoms with Crippen LogP contribution in [-0.4, -0.2) is 85.4 Å². The third-order valence-corrected chi connectivity index (χ3v) is 7.09. The minimum Gasteiger partial charge on any atom is -0.481 e. The lowest BCUT2D eigenvalue weighted by Crippen LogP contribution is -2.53. The molecule has 2 atom stereocenters. The van der Waals surface area contributed by atoms with E-state index in [1.165, 1.54) is 27.6 Å². The van der Waals surface area contributed by atoms with Crippen molar-refractivity contribution < 1.29 is 23.1 Å². The van der Waals surface area contributed by atoms with E-state index in [0.29, 0.717) is 25.9 Å². The minimum absolute atomic E-state index is 0.165. The fourth-order valence-corrected chi connectivity index (χ4v) is 4.65. The molecule has 9 nitrogen and oxygen atoms in total. The van der Waals surface area contributed by atoms with Crippen LogP contribution in [0.5, 0.6) is 0 Å². The lowest BCUT2D eigenvalue weighted by atomic mass is 9.90. The summed E-state index contributed by atoms with van der Waals surface area (Å²) in [6.07, 6.45) is 2.84. The zero-order chi connectivity index (χ0) is 18.8. The van der Waals surface area contributed by atoms with E-state index in [9.17, 15) is 23.1 Å². The molecule has 2 aliphatic rings. The molecular weight excluding hydrogens is 348 g/mol. The van der Waals surface area contributed by atoms with Crippen molar-refractivity contribution in [3.05, 3.63) is 0 Å². The van der Waals surface area contributed by atoms with Crippen LogP contribution in [0.1, 0.15) is 32.6 Å². The molecule has 10 heteroatoms. The largest absolute Gasteiger partial charge is 0.481 e. The predicted molar refractivity (Wildman–Crippen MR) is 92.3 cm³/mol. The molecule has 2 unspecified atom stereocenters. The first-order valence-corrected chi connectivity index (χ1v) is 9.93. The van der Waals surface area contributed by atoms with Gasteiger partial charge in [-0.25, -0.2) is 4.79 Å². The Labute approximate surface area is 149 Å². The number of carbonyl (C=O) groups is 2. The van der Waals surface area contributed by atoms with Gasteiger partial charge < -0.3 is 15.3 Å². The highest BCUT2D eigenvalue weighted by Gasteiger charge is 2.42. The summed E-state index contributed by atoms with van der Waals surface area (Å²) < 4.78 is 27.5. The quantitative estimate of drug-likeness (QED) is 0.710. The Morgan fingerprint density at radius 3 is 2.52 bits per heavy atom. The Morgan fingerprint density at radius 1 is 1.28 bits per heavy atom. The lowest BCUT2D eigenvalue weighted by molar-refractivity contribution is -0.147. The first kappa shape index (κ1) is 19.9. The minimum atomic E-state index is -3.52. The molecule has 0 spiro atoms. The maximum Gasteiger partial charge on any atom is 0.317 e. The van der Waals surface area contributed by atoms with Crippen molar-refractivity contribution in [3.8, 4) is 0 Å². The summed E-state index contributed by atoms with van der Waals surface area (Å²) in [5.74, 6) is -0.904. The number of hydrogen-bond acceptors (Lipinski definition) is 4. The maximum absolute atomic E-state index is 12.4. The van der Waals surface area contributed by atoms with Gasteiger partial charge in [0.2, 0.25) is 0 Å². The van der Waals surface area contributed by atoms with E-state index in [1.807, 2.05) is 0 Å². The van der Waals surface area contributed by atoms with Gasteiger partial charge in [0.25, 0.3) is 10.2 Å². The number of aliphatic carboxylic acids is 1. The Morgan fingerprint density at radius 2 is 1.96 bits per heavy atom. The van der Waals surface area contributed by atoms with Crippen molar-refractivity contribution in [1.29, 1.82) is 0 Å². The van der Waals surface area contributed by atoms with Crippen LogP contribution in [0.4, 0.5) is 4.79 Å². The van der Waals surface area contributed by atoms with E-state index in [4.69, 9.17) is 0 Å². The zero-order valence-electron chi connectivity index (χ0n) is 15.1. The van der Waals surface area contributed by atoms with Crippen LogP contribution in [0.25, 0.3) is 0 Å². The SMILES string of the molecule is CN(C)S(=O)(=O)N1CCCCC1CNC(=O)N1CCC(C)(C(=O)O)C1. The number of piperidine rings is 1. The first-order chi connectivity index (χ1) is 11.6. The molecule has 0 radical (unpaired) electrons. The number of carboxylic acid groups (broad SMARTS) is 1. The number of amides is 2. The molecule has 2 N–H and O–H groups in total. The highest BCUT2D eigenvalue weighted by atomic mass is 32.2. The third-order valence-electron chi connectivity index (χ3n) is 5.10. The summed E-state index contributed by atoms with van der Waals surface area (Å²) in [6, 6.07) is -0.615. The second-order valence-electron chi connectivity index (χ2n) is 7.27. The van der Waals surface area contributed by atoms with Crippen molar-refractivity contribution in [2.75, 3.05) is 40.3 Å². The molecule has 0 bridgehead atoms. The van der Waals surface area contributed by atoms with Gasteiger partial charge in [-0.2, -0.15) is 17.0 Å². The molecule has 0 saturated carbocycles. The number of nitrogens with zero attached hydrogens (tertiary/aromatic N) is 3. The monoisotopic (exact) mass is 376 g/mol. The molecule has 2 amide bonds. The lowest BCUT2D eigenvalue weighted by Gasteiger charge is -2.36. The normalized spacial score (nSPS) is 28.3. The zero-order valence-corrected chi connectivity index (χ0v) is 15.9. The van der Waals surface area contributed by atoms with Gasteiger partial charge in [0, 0.05) is 46.3 Å². The van der Waals surface area contributed by atoms with Crippen molar-refractivity contribution >= 4 is 22.2 Å². The Hall–Kier alpha value is -1.39. The molecule has 0 aromatic heterocycles. The van der Waals surface area contributed by atoms with Crippen LogP contribution in [0.15, 0.2) is 0 Å². The van der Waals surface area contributed by atoms with Gasteiger partial charge in [-0.3, -0.25) is 4.79 Å². The number of rotatable bonds is 5. The Bertz CT molecular complexity index is 623. The van der Waals surface area contributed by atoms with Crippen molar-refractivity contribution in [1.82, 2.24) is 18.8 Å². The second-order valence-corrected chi connectivity index (χ2v) is 9.37. The van der Waals surface area contributed by atoms with Gasteiger partial charge >= 0.3 is 12.0 Å². The van der Waals surface area contributed by atoms with E-state index in [-0.39, 0.29) is 25.2 Å². The Balaban J connectivity index is 1.95. The van der Waals surface area contributed by atoms with Crippen molar-refractivity contribution in [2.45, 2.75) is 38.6 Å². The van der Waals surface area contributed by atoms with E-state index >= 15 is 0 Å². The van der Waals surface area contributed by atoms with E-state index < -0.39 is 21.6 Å². The molecule has 2 saturated heterocycles. The molecule has 0 aliphatic carbocycles. The first-order valence-electron chi connectivity index (χ1n) is 8.53. The van der Waals surface area contributed by atoms with Crippen molar-refractivity contribution in [2.24, 2.45) is 5.41 Å². The number of urea groups is 1. The number of carbonyl (C=O) groups excluding carboxylic acids is 1. The second kappa shape index (κ2) is 7.46. The van der Waals surface area contributed by atoms with Crippen molar-refractivity contribution in [3.63, 3.8) is 0 Å². The van der Waals surface area contributed by atoms with E-state index in [0.717, 1.165) is 12.8 Å². The molecular formula is C15H28N4O5S. The van der Waals surface area contributed by atoms with Gasteiger partial charge in [0.05, 0.1) is 5.41 Å². The number of carboxylic acids is 1. The molecule has 0 aromatic rings. The van der Waals surface area contributed by atoms with Gasteiger partial charge in [0.1, 0.15) is 0 Å². The smallest absolute Gasteiger partial charge is 0.317 e. The molecule has 0 aromatic carbocycles.